The van der Waals surface area contributed by atoms with Crippen LogP contribution in [0.2, 0.25) is 5.02 Å². The van der Waals surface area contributed by atoms with Crippen molar-refractivity contribution >= 4 is 17.5 Å². The first-order valence-electron chi connectivity index (χ1n) is 5.00. The lowest BCUT2D eigenvalue weighted by Crippen LogP contribution is -2.09. The molecule has 2 aromatic rings. The molecule has 0 saturated heterocycles. The van der Waals surface area contributed by atoms with Crippen LogP contribution in [0.5, 0.6) is 6.01 Å². The third-order valence-electron chi connectivity index (χ3n) is 1.86. The molecule has 2 heterocycles. The Morgan fingerprint density at radius 2 is 2.24 bits per heavy atom. The van der Waals surface area contributed by atoms with Crippen LogP contribution in [0.1, 0.15) is 6.92 Å². The molecule has 0 amide bonds. The van der Waals surface area contributed by atoms with Gasteiger partial charge in [-0.3, -0.25) is 0 Å². The second kappa shape index (κ2) is 4.96. The van der Waals surface area contributed by atoms with E-state index in [0.29, 0.717) is 23.5 Å². The molecule has 0 bridgehead atoms. The zero-order chi connectivity index (χ0) is 12.3. The summed E-state index contributed by atoms with van der Waals surface area (Å²) in [6.45, 7) is 2.33. The average Bonchev–Trinajstić information content (AvgIpc) is 2.76. The molecule has 2 aromatic heterocycles. The highest BCUT2D eigenvalue weighted by molar-refractivity contribution is 6.30. The van der Waals surface area contributed by atoms with Crippen LogP contribution in [-0.2, 0) is 0 Å². The topological polar surface area (TPSA) is 77.8 Å². The Hall–Kier alpha value is -1.89. The standard InChI is InChI=1S/C9H11ClN6O/c1-3-17-9-14-7(11-2)13-8(15-9)16-5-6(10)4-12-16/h4-5H,3H2,1-2H3,(H,11,13,14,15). The molecule has 17 heavy (non-hydrogen) atoms. The number of ether oxygens (including phenoxy) is 1. The van der Waals surface area contributed by atoms with Crippen LogP contribution in [0.15, 0.2) is 12.4 Å². The number of nitrogens with one attached hydrogen (secondary N) is 1. The highest BCUT2D eigenvalue weighted by Gasteiger charge is 2.09. The molecule has 0 spiro atoms. The van der Waals surface area contributed by atoms with Crippen LogP contribution in [0.3, 0.4) is 0 Å². The second-order valence-corrected chi connectivity index (χ2v) is 3.46. The molecule has 0 radical (unpaired) electrons. The van der Waals surface area contributed by atoms with Crippen molar-refractivity contribution in [1.82, 2.24) is 24.7 Å². The zero-order valence-electron chi connectivity index (χ0n) is 9.38. The number of anilines is 1. The molecule has 1 N–H and O–H groups in total. The van der Waals surface area contributed by atoms with Crippen LogP contribution in [0.25, 0.3) is 5.95 Å². The maximum atomic E-state index is 5.78. The summed E-state index contributed by atoms with van der Waals surface area (Å²) in [5.41, 5.74) is 0. The van der Waals surface area contributed by atoms with E-state index in [9.17, 15) is 0 Å². The summed E-state index contributed by atoms with van der Waals surface area (Å²) in [5, 5.41) is 7.35. The lowest BCUT2D eigenvalue weighted by molar-refractivity contribution is 0.311. The van der Waals surface area contributed by atoms with Gasteiger partial charge in [-0.05, 0) is 6.92 Å². The predicted octanol–water partition coefficient (Wildman–Crippen LogP) is 1.15. The largest absolute Gasteiger partial charge is 0.464 e. The van der Waals surface area contributed by atoms with Crippen molar-refractivity contribution in [3.05, 3.63) is 17.4 Å². The fourth-order valence-corrected chi connectivity index (χ4v) is 1.30. The van der Waals surface area contributed by atoms with Gasteiger partial charge in [0.15, 0.2) is 0 Å². The normalized spacial score (nSPS) is 10.3. The summed E-state index contributed by atoms with van der Waals surface area (Å²) in [7, 11) is 1.71. The molecule has 0 fully saturated rings. The number of aromatic nitrogens is 5. The molecular weight excluding hydrogens is 244 g/mol. The summed E-state index contributed by atoms with van der Waals surface area (Å²) in [5.74, 6) is 0.754. The minimum absolute atomic E-state index is 0.244. The van der Waals surface area contributed by atoms with E-state index >= 15 is 0 Å². The van der Waals surface area contributed by atoms with Crippen LogP contribution in [0, 0.1) is 0 Å². The van der Waals surface area contributed by atoms with E-state index < -0.39 is 0 Å². The summed E-state index contributed by atoms with van der Waals surface area (Å²) in [6.07, 6.45) is 3.11. The van der Waals surface area contributed by atoms with E-state index in [1.54, 1.807) is 13.2 Å². The Kier molecular flexibility index (Phi) is 3.38. The van der Waals surface area contributed by atoms with E-state index in [-0.39, 0.29) is 6.01 Å². The second-order valence-electron chi connectivity index (χ2n) is 3.03. The number of nitrogens with zero attached hydrogens (tertiary/aromatic N) is 5. The van der Waals surface area contributed by atoms with E-state index in [1.807, 2.05) is 6.92 Å². The van der Waals surface area contributed by atoms with Gasteiger partial charge in [0, 0.05) is 7.05 Å². The minimum Gasteiger partial charge on any atom is -0.464 e. The zero-order valence-corrected chi connectivity index (χ0v) is 10.1. The molecule has 90 valence electrons. The third-order valence-corrected chi connectivity index (χ3v) is 2.05. The molecule has 0 aliphatic rings. The van der Waals surface area contributed by atoms with Gasteiger partial charge in [-0.25, -0.2) is 4.68 Å². The number of rotatable bonds is 4. The van der Waals surface area contributed by atoms with Gasteiger partial charge in [-0.15, -0.1) is 0 Å². The Morgan fingerprint density at radius 1 is 1.41 bits per heavy atom. The molecule has 7 nitrogen and oxygen atoms in total. The Labute approximate surface area is 103 Å². The number of hydrogen-bond acceptors (Lipinski definition) is 6. The Bertz CT molecular complexity index is 514. The molecule has 0 atom stereocenters. The van der Waals surface area contributed by atoms with Crippen LogP contribution < -0.4 is 10.1 Å². The highest BCUT2D eigenvalue weighted by atomic mass is 35.5. The molecule has 2 rings (SSSR count). The van der Waals surface area contributed by atoms with Crippen LogP contribution in [-0.4, -0.2) is 38.4 Å². The maximum Gasteiger partial charge on any atom is 0.323 e. The van der Waals surface area contributed by atoms with Gasteiger partial charge in [-0.2, -0.15) is 20.1 Å². The van der Waals surface area contributed by atoms with E-state index in [1.165, 1.54) is 10.9 Å². The predicted molar refractivity (Wildman–Crippen MR) is 62.7 cm³/mol. The summed E-state index contributed by atoms with van der Waals surface area (Å²) in [6, 6.07) is 0.244. The molecule has 8 heteroatoms. The number of hydrogen-bond donors (Lipinski definition) is 1. The summed E-state index contributed by atoms with van der Waals surface area (Å²) in [4.78, 5) is 12.3. The smallest absolute Gasteiger partial charge is 0.323 e. The lowest BCUT2D eigenvalue weighted by atomic mass is 10.7. The first kappa shape index (κ1) is 11.6. The molecule has 0 aliphatic carbocycles. The van der Waals surface area contributed by atoms with E-state index in [0.717, 1.165) is 0 Å². The van der Waals surface area contributed by atoms with Crippen molar-refractivity contribution < 1.29 is 4.74 Å². The Balaban J connectivity index is 2.42. The molecule has 0 aromatic carbocycles. The van der Waals surface area contributed by atoms with Gasteiger partial charge in [-0.1, -0.05) is 11.6 Å². The summed E-state index contributed by atoms with van der Waals surface area (Å²) >= 11 is 5.78. The average molecular weight is 255 g/mol. The van der Waals surface area contributed by atoms with Gasteiger partial charge in [0.1, 0.15) is 0 Å². The van der Waals surface area contributed by atoms with Gasteiger partial charge >= 0.3 is 6.01 Å². The lowest BCUT2D eigenvalue weighted by Gasteiger charge is -2.06. The summed E-state index contributed by atoms with van der Waals surface area (Å²) < 4.78 is 6.69. The first-order chi connectivity index (χ1) is 8.22. The monoisotopic (exact) mass is 254 g/mol. The van der Waals surface area contributed by atoms with Gasteiger partial charge < -0.3 is 10.1 Å². The van der Waals surface area contributed by atoms with Gasteiger partial charge in [0.25, 0.3) is 5.95 Å². The third kappa shape index (κ3) is 2.62. The van der Waals surface area contributed by atoms with Crippen LogP contribution in [0.4, 0.5) is 5.95 Å². The van der Waals surface area contributed by atoms with Crippen molar-refractivity contribution in [3.8, 4) is 12.0 Å². The van der Waals surface area contributed by atoms with Crippen molar-refractivity contribution in [2.24, 2.45) is 0 Å². The first-order valence-corrected chi connectivity index (χ1v) is 5.38. The fraction of sp³-hybridized carbons (Fsp3) is 0.333. The Morgan fingerprint density at radius 3 is 2.82 bits per heavy atom. The molecule has 0 unspecified atom stereocenters. The van der Waals surface area contributed by atoms with Crippen molar-refractivity contribution in [3.63, 3.8) is 0 Å². The molecule has 0 aliphatic heterocycles. The quantitative estimate of drug-likeness (QED) is 0.882. The SMILES string of the molecule is CCOc1nc(NC)nc(-n2cc(Cl)cn2)n1. The van der Waals surface area contributed by atoms with Crippen molar-refractivity contribution in [2.45, 2.75) is 6.92 Å². The minimum atomic E-state index is 0.244. The molecule has 0 saturated carbocycles. The fourth-order valence-electron chi connectivity index (χ4n) is 1.16. The highest BCUT2D eigenvalue weighted by Crippen LogP contribution is 2.12. The molecular formula is C9H11ClN6O. The van der Waals surface area contributed by atoms with Gasteiger partial charge in [0.05, 0.1) is 24.0 Å². The van der Waals surface area contributed by atoms with Crippen molar-refractivity contribution in [1.29, 1.82) is 0 Å². The van der Waals surface area contributed by atoms with E-state index in [2.05, 4.69) is 25.4 Å². The van der Waals surface area contributed by atoms with Crippen LogP contribution >= 0.6 is 11.6 Å². The van der Waals surface area contributed by atoms with Crippen molar-refractivity contribution in [2.75, 3.05) is 19.0 Å². The number of halogens is 1. The van der Waals surface area contributed by atoms with E-state index in [4.69, 9.17) is 16.3 Å². The maximum absolute atomic E-state index is 5.78. The van der Waals surface area contributed by atoms with Gasteiger partial charge in [0.2, 0.25) is 5.95 Å².